The van der Waals surface area contributed by atoms with Crippen LogP contribution in [0.1, 0.15) is 25.8 Å². The minimum absolute atomic E-state index is 0.311. The topological polar surface area (TPSA) is 75.4 Å². The molecule has 3 N–H and O–H groups in total. The summed E-state index contributed by atoms with van der Waals surface area (Å²) in [6.07, 6.45) is 1.57. The molecule has 21 heavy (non-hydrogen) atoms. The normalized spacial score (nSPS) is 12.0. The van der Waals surface area contributed by atoms with Crippen LogP contribution in [-0.2, 0) is 16.4 Å². The van der Waals surface area contributed by atoms with Crippen LogP contribution in [0.5, 0.6) is 0 Å². The van der Waals surface area contributed by atoms with E-state index in [1.54, 1.807) is 12.1 Å². The fraction of sp³-hybridized carbons (Fsp3) is 0.600. The number of hydrogen-bond acceptors (Lipinski definition) is 4. The molecular weight excluding hydrogens is 286 g/mol. The summed E-state index contributed by atoms with van der Waals surface area (Å²) in [5.74, 6) is 0. The second-order valence-corrected chi connectivity index (χ2v) is 6.73. The van der Waals surface area contributed by atoms with Gasteiger partial charge in [-0.2, -0.15) is 0 Å². The zero-order valence-corrected chi connectivity index (χ0v) is 13.8. The lowest BCUT2D eigenvalue weighted by molar-refractivity contribution is 0.300. The highest BCUT2D eigenvalue weighted by atomic mass is 32.2. The van der Waals surface area contributed by atoms with Gasteiger partial charge in [-0.25, -0.2) is 13.1 Å². The molecule has 0 atom stereocenters. The van der Waals surface area contributed by atoms with E-state index in [9.17, 15) is 8.42 Å². The van der Waals surface area contributed by atoms with E-state index in [1.165, 1.54) is 0 Å². The third-order valence-electron chi connectivity index (χ3n) is 3.50. The summed E-state index contributed by atoms with van der Waals surface area (Å²) >= 11 is 0. The lowest BCUT2D eigenvalue weighted by atomic mass is 10.2. The highest BCUT2D eigenvalue weighted by Crippen LogP contribution is 2.10. The van der Waals surface area contributed by atoms with Crippen molar-refractivity contribution in [2.24, 2.45) is 5.73 Å². The summed E-state index contributed by atoms with van der Waals surface area (Å²) in [7, 11) is -3.40. The number of nitrogens with two attached hydrogens (primary N) is 1. The van der Waals surface area contributed by atoms with E-state index >= 15 is 0 Å². The third-order valence-corrected chi connectivity index (χ3v) is 4.98. The monoisotopic (exact) mass is 313 g/mol. The molecule has 0 bridgehead atoms. The van der Waals surface area contributed by atoms with Crippen LogP contribution in [0.15, 0.2) is 29.2 Å². The second-order valence-electron chi connectivity index (χ2n) is 4.96. The first kappa shape index (κ1) is 18.1. The molecule has 0 aromatic heterocycles. The Hall–Kier alpha value is -0.950. The minimum atomic E-state index is -3.40. The highest BCUT2D eigenvalue weighted by Gasteiger charge is 2.13. The number of hydrogen-bond donors (Lipinski definition) is 2. The largest absolute Gasteiger partial charge is 0.330 e. The minimum Gasteiger partial charge on any atom is -0.330 e. The summed E-state index contributed by atoms with van der Waals surface area (Å²) in [5, 5.41) is 0. The molecule has 1 aromatic carbocycles. The van der Waals surface area contributed by atoms with Crippen LogP contribution in [0.4, 0.5) is 0 Å². The molecule has 0 unspecified atom stereocenters. The van der Waals surface area contributed by atoms with Gasteiger partial charge in [0.25, 0.3) is 0 Å². The molecule has 5 nitrogen and oxygen atoms in total. The summed E-state index contributed by atoms with van der Waals surface area (Å²) < 4.78 is 26.9. The molecule has 0 saturated heterocycles. The van der Waals surface area contributed by atoms with Crippen molar-refractivity contribution in [3.8, 4) is 0 Å². The lowest BCUT2D eigenvalue weighted by Crippen LogP contribution is -2.30. The lowest BCUT2D eigenvalue weighted by Gasteiger charge is -2.17. The SMILES string of the molecule is CCN(CC)CCCNS(=O)(=O)c1ccc(CCN)cc1. The number of rotatable bonds is 10. The average molecular weight is 313 g/mol. The first-order valence-electron chi connectivity index (χ1n) is 7.54. The molecule has 6 heteroatoms. The maximum Gasteiger partial charge on any atom is 0.240 e. The summed E-state index contributed by atoms with van der Waals surface area (Å²) in [4.78, 5) is 2.58. The van der Waals surface area contributed by atoms with Crippen molar-refractivity contribution < 1.29 is 8.42 Å². The Kier molecular flexibility index (Phi) is 7.88. The standard InChI is InChI=1S/C15H27N3O2S/c1-3-18(4-2)13-5-12-17-21(19,20)15-8-6-14(7-9-15)10-11-16/h6-9,17H,3-5,10-13,16H2,1-2H3. The number of sulfonamides is 1. The van der Waals surface area contributed by atoms with Crippen molar-refractivity contribution in [1.82, 2.24) is 9.62 Å². The van der Waals surface area contributed by atoms with E-state index in [-0.39, 0.29) is 0 Å². The van der Waals surface area contributed by atoms with Crippen LogP contribution >= 0.6 is 0 Å². The Morgan fingerprint density at radius 3 is 2.29 bits per heavy atom. The molecular formula is C15H27N3O2S. The van der Waals surface area contributed by atoms with Crippen molar-refractivity contribution in [2.75, 3.05) is 32.7 Å². The third kappa shape index (κ3) is 6.13. The van der Waals surface area contributed by atoms with Gasteiger partial charge in [0, 0.05) is 6.54 Å². The van der Waals surface area contributed by atoms with E-state index in [1.807, 2.05) is 12.1 Å². The quantitative estimate of drug-likeness (QED) is 0.636. The zero-order chi connectivity index (χ0) is 15.7. The van der Waals surface area contributed by atoms with E-state index in [4.69, 9.17) is 5.73 Å². The van der Waals surface area contributed by atoms with Gasteiger partial charge in [0.15, 0.2) is 0 Å². The number of nitrogens with zero attached hydrogens (tertiary/aromatic N) is 1. The molecule has 0 fully saturated rings. The first-order valence-corrected chi connectivity index (χ1v) is 9.02. The van der Waals surface area contributed by atoms with Crippen molar-refractivity contribution in [3.63, 3.8) is 0 Å². The van der Waals surface area contributed by atoms with E-state index in [0.29, 0.717) is 18.0 Å². The fourth-order valence-corrected chi connectivity index (χ4v) is 3.21. The maximum atomic E-state index is 12.1. The van der Waals surface area contributed by atoms with Gasteiger partial charge in [-0.3, -0.25) is 0 Å². The number of nitrogens with one attached hydrogen (secondary N) is 1. The van der Waals surface area contributed by atoms with Crippen LogP contribution in [0.25, 0.3) is 0 Å². The molecule has 0 aliphatic heterocycles. The second kappa shape index (κ2) is 9.15. The van der Waals surface area contributed by atoms with Gasteiger partial charge in [-0.05, 0) is 56.7 Å². The molecule has 1 aromatic rings. The van der Waals surface area contributed by atoms with Crippen LogP contribution in [-0.4, -0.2) is 46.0 Å². The molecule has 0 amide bonds. The van der Waals surface area contributed by atoms with Gasteiger partial charge in [0.2, 0.25) is 10.0 Å². The van der Waals surface area contributed by atoms with E-state index in [0.717, 1.165) is 38.0 Å². The Labute approximate surface area is 128 Å². The summed E-state index contributed by atoms with van der Waals surface area (Å²) in [5.41, 5.74) is 6.53. The molecule has 0 saturated carbocycles. The van der Waals surface area contributed by atoms with Gasteiger partial charge < -0.3 is 10.6 Å². The average Bonchev–Trinajstić information content (AvgIpc) is 2.48. The molecule has 0 aliphatic rings. The predicted molar refractivity (Wildman–Crippen MR) is 86.8 cm³/mol. The molecule has 0 aliphatic carbocycles. The molecule has 0 radical (unpaired) electrons. The molecule has 120 valence electrons. The van der Waals surface area contributed by atoms with E-state index < -0.39 is 10.0 Å². The van der Waals surface area contributed by atoms with Crippen molar-refractivity contribution in [1.29, 1.82) is 0 Å². The molecule has 0 heterocycles. The van der Waals surface area contributed by atoms with Crippen LogP contribution in [0, 0.1) is 0 Å². The fourth-order valence-electron chi connectivity index (χ4n) is 2.13. The van der Waals surface area contributed by atoms with Gasteiger partial charge >= 0.3 is 0 Å². The van der Waals surface area contributed by atoms with Crippen molar-refractivity contribution in [3.05, 3.63) is 29.8 Å². The first-order chi connectivity index (χ1) is 10.0. The Morgan fingerprint density at radius 2 is 1.76 bits per heavy atom. The Bertz CT molecular complexity index is 496. The Balaban J connectivity index is 2.49. The maximum absolute atomic E-state index is 12.1. The summed E-state index contributed by atoms with van der Waals surface area (Å²) in [6.45, 7) is 8.13. The van der Waals surface area contributed by atoms with Gasteiger partial charge in [-0.15, -0.1) is 0 Å². The predicted octanol–water partition coefficient (Wildman–Crippen LogP) is 1.20. The van der Waals surface area contributed by atoms with Crippen LogP contribution in [0.3, 0.4) is 0 Å². The van der Waals surface area contributed by atoms with Crippen molar-refractivity contribution >= 4 is 10.0 Å². The van der Waals surface area contributed by atoms with Gasteiger partial charge in [-0.1, -0.05) is 26.0 Å². The van der Waals surface area contributed by atoms with Crippen LogP contribution in [0.2, 0.25) is 0 Å². The van der Waals surface area contributed by atoms with Crippen molar-refractivity contribution in [2.45, 2.75) is 31.6 Å². The smallest absolute Gasteiger partial charge is 0.240 e. The Morgan fingerprint density at radius 1 is 1.14 bits per heavy atom. The zero-order valence-electron chi connectivity index (χ0n) is 13.0. The van der Waals surface area contributed by atoms with Gasteiger partial charge in [0.05, 0.1) is 4.90 Å². The number of benzene rings is 1. The highest BCUT2D eigenvalue weighted by molar-refractivity contribution is 7.89. The van der Waals surface area contributed by atoms with Crippen LogP contribution < -0.4 is 10.5 Å². The summed E-state index contributed by atoms with van der Waals surface area (Å²) in [6, 6.07) is 6.91. The van der Waals surface area contributed by atoms with E-state index in [2.05, 4.69) is 23.5 Å². The van der Waals surface area contributed by atoms with Gasteiger partial charge in [0.1, 0.15) is 0 Å². The molecule has 1 rings (SSSR count). The molecule has 0 spiro atoms.